The lowest BCUT2D eigenvalue weighted by molar-refractivity contribution is -0.318. The minimum atomic E-state index is -3.68. The molecule has 5 rings (SSSR count). The molecule has 1 aromatic heterocycles. The van der Waals surface area contributed by atoms with Crippen LogP contribution in [-0.2, 0) is 54.4 Å². The standard InChI is InChI=1S/C51H86FIN6O15S/c1-28-23-49(7,64)45(30(3)41(72-39-24-50(8,69-15)44(62)33(6)71-39)31(4)46(63)74-48(53)51(9,65)43(61)32(5)58(13)26-28)73-47-40(60)37(22-29(2)70-47)57(12)21-20-35-27-59(55-54-35)38(25-52)42(68-14)34-16-18-36(19-17-34)75(66,67)56(10)11/h16-19,27-33,37-45,47-48,60-62,64-65H,20-26H2,1-15H3/t28-,29-,30+,31-,32-,33+,37+,38-,39+,40-,41+,42-,43-,44+,45-,47+,48+,49-,50-,51+/m1/s1. The van der Waals surface area contributed by atoms with Crippen LogP contribution in [0, 0.1) is 17.8 Å². The third kappa shape index (κ3) is 14.6. The molecule has 5 N–H and O–H groups in total. The molecule has 0 radical (unpaired) electrons. The van der Waals surface area contributed by atoms with Gasteiger partial charge < -0.3 is 68.5 Å². The highest BCUT2D eigenvalue weighted by atomic mass is 127. The quantitative estimate of drug-likeness (QED) is 0.0919. The van der Waals surface area contributed by atoms with Crippen molar-refractivity contribution in [3.8, 4) is 0 Å². The number of ether oxygens (including phenoxy) is 7. The number of benzene rings is 1. The van der Waals surface area contributed by atoms with Gasteiger partial charge in [-0.05, 0) is 122 Å². The highest BCUT2D eigenvalue weighted by Crippen LogP contribution is 2.41. The number of carbonyl (C=O) groups is 1. The number of methoxy groups -OCH3 is 2. The van der Waals surface area contributed by atoms with Crippen molar-refractivity contribution in [3.05, 3.63) is 41.7 Å². The molecule has 3 saturated heterocycles. The molecule has 1 aromatic carbocycles. The molecule has 3 aliphatic rings. The van der Waals surface area contributed by atoms with Gasteiger partial charge in [-0.1, -0.05) is 31.2 Å². The molecule has 0 amide bonds. The molecule has 4 heterocycles. The van der Waals surface area contributed by atoms with E-state index < -0.39 is 135 Å². The summed E-state index contributed by atoms with van der Waals surface area (Å²) in [5.74, 6) is -2.98. The number of aromatic nitrogens is 3. The van der Waals surface area contributed by atoms with Gasteiger partial charge in [-0.25, -0.2) is 21.8 Å². The molecule has 75 heavy (non-hydrogen) atoms. The Hall–Kier alpha value is -2.12. The zero-order valence-electron chi connectivity index (χ0n) is 46.3. The van der Waals surface area contributed by atoms with E-state index in [9.17, 15) is 43.1 Å². The van der Waals surface area contributed by atoms with Crippen molar-refractivity contribution < 1.29 is 76.3 Å². The van der Waals surface area contributed by atoms with Gasteiger partial charge >= 0.3 is 5.97 Å². The van der Waals surface area contributed by atoms with Gasteiger partial charge in [0.2, 0.25) is 10.0 Å². The fourth-order valence-corrected chi connectivity index (χ4v) is 12.5. The second-order valence-corrected chi connectivity index (χ2v) is 25.6. The van der Waals surface area contributed by atoms with E-state index in [1.54, 1.807) is 66.9 Å². The van der Waals surface area contributed by atoms with Gasteiger partial charge in [-0.15, -0.1) is 5.10 Å². The van der Waals surface area contributed by atoms with Gasteiger partial charge in [0.05, 0.1) is 52.1 Å². The van der Waals surface area contributed by atoms with Crippen LogP contribution < -0.4 is 0 Å². The molecule has 24 heteroatoms. The van der Waals surface area contributed by atoms with E-state index in [1.807, 2.05) is 53.3 Å². The fraction of sp³-hybridized carbons (Fsp3) is 0.824. The topological polar surface area (TPSA) is 257 Å². The van der Waals surface area contributed by atoms with Crippen LogP contribution in [0.2, 0.25) is 0 Å². The summed E-state index contributed by atoms with van der Waals surface area (Å²) in [5.41, 5.74) is -3.57. The number of aliphatic hydroxyl groups is 5. The van der Waals surface area contributed by atoms with E-state index in [0.717, 1.165) is 4.31 Å². The highest BCUT2D eigenvalue weighted by Gasteiger charge is 2.53. The third-order valence-electron chi connectivity index (χ3n) is 15.9. The average molecular weight is 1200 g/mol. The smallest absolute Gasteiger partial charge is 0.312 e. The maximum absolute atomic E-state index is 14.8. The first-order chi connectivity index (χ1) is 34.8. The molecule has 0 saturated carbocycles. The molecule has 430 valence electrons. The first-order valence-electron chi connectivity index (χ1n) is 25.8. The molecule has 0 spiro atoms. The number of halogens is 2. The molecule has 21 nitrogen and oxygen atoms in total. The van der Waals surface area contributed by atoms with Crippen molar-refractivity contribution in [2.75, 3.05) is 62.2 Å². The molecular weight excluding hydrogens is 1110 g/mol. The van der Waals surface area contributed by atoms with Gasteiger partial charge in [0.25, 0.3) is 0 Å². The summed E-state index contributed by atoms with van der Waals surface area (Å²) in [5, 5.41) is 68.0. The van der Waals surface area contributed by atoms with E-state index in [4.69, 9.17) is 33.2 Å². The number of cyclic esters (lactones) is 1. The minimum absolute atomic E-state index is 0.0666. The lowest BCUT2D eigenvalue weighted by atomic mass is 9.77. The lowest BCUT2D eigenvalue weighted by Gasteiger charge is -2.49. The highest BCUT2D eigenvalue weighted by molar-refractivity contribution is 14.1. The van der Waals surface area contributed by atoms with Crippen molar-refractivity contribution in [1.82, 2.24) is 29.1 Å². The number of aliphatic hydroxyl groups excluding tert-OH is 3. The van der Waals surface area contributed by atoms with Crippen LogP contribution in [0.1, 0.15) is 105 Å². The van der Waals surface area contributed by atoms with Crippen LogP contribution in [0.15, 0.2) is 35.4 Å². The van der Waals surface area contributed by atoms with Crippen molar-refractivity contribution in [2.45, 2.75) is 193 Å². The Morgan fingerprint density at radius 1 is 0.960 bits per heavy atom. The Kier molecular flexibility index (Phi) is 22.1. The average Bonchev–Trinajstić information content (AvgIpc) is 3.82. The summed E-state index contributed by atoms with van der Waals surface area (Å²) in [6.07, 6.45) is -7.66. The van der Waals surface area contributed by atoms with Gasteiger partial charge in [0.1, 0.15) is 42.7 Å². The largest absolute Gasteiger partial charge is 0.448 e. The summed E-state index contributed by atoms with van der Waals surface area (Å²) < 4.78 is 85.2. The Bertz CT molecular complexity index is 2250. The number of nitrogens with zero attached hydrogens (tertiary/aromatic N) is 6. The predicted octanol–water partition coefficient (Wildman–Crippen LogP) is 3.24. The monoisotopic (exact) mass is 1200 g/mol. The Labute approximate surface area is 456 Å². The van der Waals surface area contributed by atoms with Gasteiger partial charge in [-0.2, -0.15) is 0 Å². The number of esters is 1. The molecule has 0 unspecified atom stereocenters. The van der Waals surface area contributed by atoms with Crippen LogP contribution in [-0.4, -0.2) is 219 Å². The van der Waals surface area contributed by atoms with E-state index in [1.165, 1.54) is 52.1 Å². The van der Waals surface area contributed by atoms with E-state index >= 15 is 0 Å². The first kappa shape index (κ1) is 63.7. The van der Waals surface area contributed by atoms with Gasteiger partial charge in [-0.3, -0.25) is 4.79 Å². The number of likely N-dealkylation sites (N-methyl/N-ethyl adjacent to an activating group) is 2. The first-order valence-corrected chi connectivity index (χ1v) is 28.5. The van der Waals surface area contributed by atoms with Crippen LogP contribution in [0.3, 0.4) is 0 Å². The minimum Gasteiger partial charge on any atom is -0.448 e. The molecule has 2 aromatic rings. The van der Waals surface area contributed by atoms with E-state index in [-0.39, 0.29) is 23.7 Å². The number of carbonyl (C=O) groups excluding carboxylic acids is 1. The lowest BCUT2D eigenvalue weighted by Crippen LogP contribution is -2.60. The van der Waals surface area contributed by atoms with Crippen molar-refractivity contribution in [1.29, 1.82) is 0 Å². The molecule has 20 atom stereocenters. The second-order valence-electron chi connectivity index (χ2n) is 22.3. The van der Waals surface area contributed by atoms with Crippen LogP contribution in [0.4, 0.5) is 4.39 Å². The number of alkyl halides is 2. The van der Waals surface area contributed by atoms with Gasteiger partial charge in [0.15, 0.2) is 16.7 Å². The summed E-state index contributed by atoms with van der Waals surface area (Å²) in [7, 11) is 5.77. The normalized spacial score (nSPS) is 39.2. The van der Waals surface area contributed by atoms with Crippen LogP contribution >= 0.6 is 22.6 Å². The van der Waals surface area contributed by atoms with Crippen molar-refractivity contribution in [3.63, 3.8) is 0 Å². The number of rotatable bonds is 16. The molecule has 0 aliphatic carbocycles. The predicted molar refractivity (Wildman–Crippen MR) is 283 cm³/mol. The SMILES string of the molecule is CO[C@H](c1ccc(S(=O)(=O)N(C)C)cc1)[C@@H](CF)n1cc(CCN(C)[C@H]2C[C@@H](C)O[C@@H](O[C@@H]3[C@@H](C)[C@H](O[C@H]4C[C@@](C)(OC)[C@@H](O)[C@H](C)O4)[C@@H](C)C(=O)O[C@H](I)[C@@](C)(O)[C@H](O)[C@@H](C)N(C)C[C@H](C)C[C@@]3(C)O)[C@@H]2O)nn1. The molecular formula is C51H86FIN6O15S. The second kappa shape index (κ2) is 26.0. The van der Waals surface area contributed by atoms with Gasteiger partial charge in [0, 0.05) is 78.4 Å². The van der Waals surface area contributed by atoms with Crippen LogP contribution in [0.5, 0.6) is 0 Å². The number of sulfonamides is 1. The summed E-state index contributed by atoms with van der Waals surface area (Å²) in [6.45, 7) is 15.3. The third-order valence-corrected chi connectivity index (χ3v) is 19.2. The zero-order chi connectivity index (χ0) is 56.3. The number of hydrogen-bond donors (Lipinski definition) is 5. The molecule has 0 bridgehead atoms. The summed E-state index contributed by atoms with van der Waals surface area (Å²) >= 11 is 1.81. The van der Waals surface area contributed by atoms with Crippen molar-refractivity contribution >= 4 is 38.6 Å². The van der Waals surface area contributed by atoms with E-state index in [2.05, 4.69) is 10.3 Å². The summed E-state index contributed by atoms with van der Waals surface area (Å²) in [6, 6.07) is 4.01. The van der Waals surface area contributed by atoms with Crippen molar-refractivity contribution in [2.24, 2.45) is 17.8 Å². The van der Waals surface area contributed by atoms with E-state index in [0.29, 0.717) is 37.2 Å². The molecule has 3 aliphatic heterocycles. The summed E-state index contributed by atoms with van der Waals surface area (Å²) in [4.78, 5) is 18.3. The Morgan fingerprint density at radius 3 is 2.19 bits per heavy atom. The maximum atomic E-state index is 14.8. The van der Waals surface area contributed by atoms with Crippen LogP contribution in [0.25, 0.3) is 0 Å². The Morgan fingerprint density at radius 2 is 1.60 bits per heavy atom. The Balaban J connectivity index is 1.42. The molecule has 3 fully saturated rings. The fourth-order valence-electron chi connectivity index (χ4n) is 11.0. The maximum Gasteiger partial charge on any atom is 0.312 e. The zero-order valence-corrected chi connectivity index (χ0v) is 49.3. The number of hydrogen-bond acceptors (Lipinski definition) is 19.